The summed E-state index contributed by atoms with van der Waals surface area (Å²) in [5, 5.41) is 1.40. The quantitative estimate of drug-likeness (QED) is 0.390. The first kappa shape index (κ1) is 13.8. The molecule has 1 aromatic heterocycles. The lowest BCUT2D eigenvalue weighted by atomic mass is 9.85. The highest BCUT2D eigenvalue weighted by Gasteiger charge is 2.31. The molecule has 24 heavy (non-hydrogen) atoms. The van der Waals surface area contributed by atoms with Gasteiger partial charge in [0.1, 0.15) is 0 Å². The molecule has 5 rings (SSSR count). The maximum Gasteiger partial charge on any atom is 0.0366 e. The number of hydrogen-bond donors (Lipinski definition) is 0. The number of hydrogen-bond acceptors (Lipinski definition) is 1. The highest BCUT2D eigenvalue weighted by molar-refractivity contribution is 7.20. The number of allylic oxidation sites excluding steroid dienone is 1. The lowest BCUT2D eigenvalue weighted by molar-refractivity contribution is 1.09. The normalized spacial score (nSPS) is 16.2. The summed E-state index contributed by atoms with van der Waals surface area (Å²) < 4.78 is 1.38. The number of thiophene rings is 1. The van der Waals surface area contributed by atoms with E-state index in [0.29, 0.717) is 5.92 Å². The fourth-order valence-electron chi connectivity index (χ4n) is 3.74. The maximum atomic E-state index is 2.40. The molecule has 0 saturated heterocycles. The first-order valence-electron chi connectivity index (χ1n) is 8.25. The Labute approximate surface area is 145 Å². The topological polar surface area (TPSA) is 0 Å². The fourth-order valence-corrected chi connectivity index (χ4v) is 4.94. The average molecular weight is 324 g/mol. The predicted molar refractivity (Wildman–Crippen MR) is 104 cm³/mol. The predicted octanol–water partition coefficient (Wildman–Crippen LogP) is 6.59. The minimum absolute atomic E-state index is 0.319. The molecular weight excluding hydrogens is 308 g/mol. The van der Waals surface area contributed by atoms with E-state index in [-0.39, 0.29) is 0 Å². The first-order valence-corrected chi connectivity index (χ1v) is 9.07. The van der Waals surface area contributed by atoms with Crippen LogP contribution in [0.1, 0.15) is 27.5 Å². The summed E-state index contributed by atoms with van der Waals surface area (Å²) in [6.07, 6.45) is 2.40. The monoisotopic (exact) mass is 324 g/mol. The molecule has 1 atom stereocenters. The Kier molecular flexibility index (Phi) is 3.14. The molecule has 0 bridgehead atoms. The SMILES string of the molecule is C1=C(c2ccccc2)C(c2ccccc2)c2c1sc1ccccc21. The van der Waals surface area contributed by atoms with Gasteiger partial charge >= 0.3 is 0 Å². The summed E-state index contributed by atoms with van der Waals surface area (Å²) in [6, 6.07) is 30.5. The van der Waals surface area contributed by atoms with Crippen molar-refractivity contribution in [1.82, 2.24) is 0 Å². The second kappa shape index (κ2) is 5.47. The molecule has 4 aromatic rings. The molecule has 0 saturated carbocycles. The van der Waals surface area contributed by atoms with Gasteiger partial charge in [-0.3, -0.25) is 0 Å². The largest absolute Gasteiger partial charge is 0.135 e. The molecule has 0 aliphatic heterocycles. The summed E-state index contributed by atoms with van der Waals surface area (Å²) in [7, 11) is 0. The lowest BCUT2D eigenvalue weighted by Gasteiger charge is -2.18. The van der Waals surface area contributed by atoms with Crippen LogP contribution in [0.5, 0.6) is 0 Å². The van der Waals surface area contributed by atoms with Gasteiger partial charge in [0, 0.05) is 15.5 Å². The third kappa shape index (κ3) is 2.05. The second-order valence-electron chi connectivity index (χ2n) is 6.19. The Balaban J connectivity index is 1.78. The van der Waals surface area contributed by atoms with E-state index < -0.39 is 0 Å². The Bertz CT molecular complexity index is 1040. The zero-order valence-corrected chi connectivity index (χ0v) is 14.0. The molecule has 114 valence electrons. The zero-order chi connectivity index (χ0) is 15.9. The van der Waals surface area contributed by atoms with Crippen LogP contribution in [0.15, 0.2) is 84.9 Å². The van der Waals surface area contributed by atoms with Crippen molar-refractivity contribution in [2.45, 2.75) is 5.92 Å². The van der Waals surface area contributed by atoms with Crippen molar-refractivity contribution in [3.05, 3.63) is 106 Å². The van der Waals surface area contributed by atoms with Crippen LogP contribution in [0.4, 0.5) is 0 Å². The van der Waals surface area contributed by atoms with E-state index >= 15 is 0 Å². The summed E-state index contributed by atoms with van der Waals surface area (Å²) >= 11 is 1.91. The molecule has 0 amide bonds. The van der Waals surface area contributed by atoms with Crippen LogP contribution in [-0.2, 0) is 0 Å². The molecular formula is C23H16S. The Morgan fingerprint density at radius 3 is 2.12 bits per heavy atom. The van der Waals surface area contributed by atoms with Crippen molar-refractivity contribution in [1.29, 1.82) is 0 Å². The van der Waals surface area contributed by atoms with Gasteiger partial charge in [-0.2, -0.15) is 0 Å². The van der Waals surface area contributed by atoms with Crippen molar-refractivity contribution in [3.63, 3.8) is 0 Å². The molecule has 1 aliphatic carbocycles. The minimum Gasteiger partial charge on any atom is -0.135 e. The summed E-state index contributed by atoms with van der Waals surface area (Å²) in [5.74, 6) is 0.319. The van der Waals surface area contributed by atoms with Crippen LogP contribution >= 0.6 is 11.3 Å². The number of benzene rings is 3. The van der Waals surface area contributed by atoms with E-state index in [9.17, 15) is 0 Å². The van der Waals surface area contributed by atoms with Crippen LogP contribution < -0.4 is 0 Å². The number of fused-ring (bicyclic) bond motifs is 3. The molecule has 0 radical (unpaired) electrons. The molecule has 1 aliphatic rings. The molecule has 1 heteroatoms. The van der Waals surface area contributed by atoms with E-state index in [4.69, 9.17) is 0 Å². The van der Waals surface area contributed by atoms with E-state index in [1.807, 2.05) is 11.3 Å². The maximum absolute atomic E-state index is 2.40. The van der Waals surface area contributed by atoms with Gasteiger partial charge in [-0.05, 0) is 39.8 Å². The van der Waals surface area contributed by atoms with Crippen molar-refractivity contribution in [3.8, 4) is 0 Å². The summed E-state index contributed by atoms with van der Waals surface area (Å²) in [4.78, 5) is 1.41. The van der Waals surface area contributed by atoms with Gasteiger partial charge in [0.2, 0.25) is 0 Å². The summed E-state index contributed by atoms with van der Waals surface area (Å²) in [6.45, 7) is 0. The Morgan fingerprint density at radius 2 is 1.33 bits per heavy atom. The molecule has 0 N–H and O–H groups in total. The Hall–Kier alpha value is -2.64. The Morgan fingerprint density at radius 1 is 0.667 bits per heavy atom. The van der Waals surface area contributed by atoms with Crippen molar-refractivity contribution < 1.29 is 0 Å². The van der Waals surface area contributed by atoms with Crippen LogP contribution in [0, 0.1) is 0 Å². The smallest absolute Gasteiger partial charge is 0.0366 e. The molecule has 3 aromatic carbocycles. The average Bonchev–Trinajstić information content (AvgIpc) is 3.19. The third-order valence-electron chi connectivity index (χ3n) is 4.79. The highest BCUT2D eigenvalue weighted by Crippen LogP contribution is 2.51. The van der Waals surface area contributed by atoms with Gasteiger partial charge in [-0.1, -0.05) is 78.9 Å². The zero-order valence-electron chi connectivity index (χ0n) is 13.1. The molecule has 1 heterocycles. The molecule has 0 nitrogen and oxygen atoms in total. The number of rotatable bonds is 2. The van der Waals surface area contributed by atoms with Crippen molar-refractivity contribution in [2.24, 2.45) is 0 Å². The van der Waals surface area contributed by atoms with Gasteiger partial charge < -0.3 is 0 Å². The lowest BCUT2D eigenvalue weighted by Crippen LogP contribution is -2.00. The van der Waals surface area contributed by atoms with Crippen molar-refractivity contribution in [2.75, 3.05) is 0 Å². The third-order valence-corrected chi connectivity index (χ3v) is 5.92. The van der Waals surface area contributed by atoms with Crippen LogP contribution in [0.25, 0.3) is 21.7 Å². The van der Waals surface area contributed by atoms with E-state index in [1.54, 1.807) is 0 Å². The van der Waals surface area contributed by atoms with Gasteiger partial charge in [0.05, 0.1) is 0 Å². The minimum atomic E-state index is 0.319. The van der Waals surface area contributed by atoms with E-state index in [1.165, 1.54) is 37.2 Å². The van der Waals surface area contributed by atoms with Gasteiger partial charge in [-0.15, -0.1) is 11.3 Å². The van der Waals surface area contributed by atoms with Crippen molar-refractivity contribution >= 4 is 33.1 Å². The van der Waals surface area contributed by atoms with Crippen LogP contribution in [-0.4, -0.2) is 0 Å². The van der Waals surface area contributed by atoms with Crippen LogP contribution in [0.3, 0.4) is 0 Å². The standard InChI is InChI=1S/C23H16S/c1-3-9-16(10-4-1)19-15-21-23(18-13-7-8-14-20(18)24-21)22(19)17-11-5-2-6-12-17/h1-15,22H. The fraction of sp³-hybridized carbons (Fsp3) is 0.0435. The first-order chi connectivity index (χ1) is 11.9. The van der Waals surface area contributed by atoms with Gasteiger partial charge in [0.15, 0.2) is 0 Å². The highest BCUT2D eigenvalue weighted by atomic mass is 32.1. The van der Waals surface area contributed by atoms with E-state index in [0.717, 1.165) is 0 Å². The van der Waals surface area contributed by atoms with Gasteiger partial charge in [0.25, 0.3) is 0 Å². The molecule has 0 spiro atoms. The van der Waals surface area contributed by atoms with Gasteiger partial charge in [-0.25, -0.2) is 0 Å². The van der Waals surface area contributed by atoms with E-state index in [2.05, 4.69) is 91.0 Å². The van der Waals surface area contributed by atoms with Crippen LogP contribution in [0.2, 0.25) is 0 Å². The summed E-state index contributed by atoms with van der Waals surface area (Å²) in [5.41, 5.74) is 5.57. The molecule has 1 unspecified atom stereocenters. The second-order valence-corrected chi connectivity index (χ2v) is 7.27. The molecule has 0 fully saturated rings.